The summed E-state index contributed by atoms with van der Waals surface area (Å²) in [7, 11) is 1.61. The standard InChI is InChI=1S/C24H24ClN7O3/c1-35-20-12-16(30-8-10-31(11-9-30)22(34)15-33)5-6-18(20)28-24-27-13-17(25)23(29-24)19-14-26-21-4-2-3-7-32(19)21/h2-7,12-15,22,34H,8-11H2,1H3,(H,27,28,29). The average Bonchev–Trinajstić information content (AvgIpc) is 3.33. The van der Waals surface area contributed by atoms with Gasteiger partial charge in [0.25, 0.3) is 0 Å². The first-order valence-corrected chi connectivity index (χ1v) is 11.5. The molecule has 0 amide bonds. The number of piperazine rings is 1. The number of anilines is 3. The molecule has 180 valence electrons. The molecule has 3 aromatic heterocycles. The molecule has 0 saturated carbocycles. The number of aromatic nitrogens is 4. The van der Waals surface area contributed by atoms with Crippen molar-refractivity contribution in [2.24, 2.45) is 0 Å². The van der Waals surface area contributed by atoms with Crippen molar-refractivity contribution in [2.75, 3.05) is 43.5 Å². The number of halogens is 1. The first kappa shape index (κ1) is 23.0. The lowest BCUT2D eigenvalue weighted by molar-refractivity contribution is -0.124. The van der Waals surface area contributed by atoms with E-state index < -0.39 is 6.23 Å². The number of carbonyl (C=O) groups excluding carboxylic acids is 1. The van der Waals surface area contributed by atoms with Crippen LogP contribution in [0.4, 0.5) is 17.3 Å². The zero-order chi connectivity index (χ0) is 24.4. The van der Waals surface area contributed by atoms with Crippen molar-refractivity contribution in [1.82, 2.24) is 24.3 Å². The zero-order valence-corrected chi connectivity index (χ0v) is 19.8. The van der Waals surface area contributed by atoms with E-state index in [0.717, 1.165) is 17.0 Å². The van der Waals surface area contributed by atoms with Crippen LogP contribution < -0.4 is 15.0 Å². The van der Waals surface area contributed by atoms with Crippen LogP contribution >= 0.6 is 11.6 Å². The number of nitrogens with zero attached hydrogens (tertiary/aromatic N) is 6. The lowest BCUT2D eigenvalue weighted by Gasteiger charge is -2.37. The van der Waals surface area contributed by atoms with E-state index in [9.17, 15) is 9.90 Å². The third-order valence-electron chi connectivity index (χ3n) is 6.01. The van der Waals surface area contributed by atoms with E-state index >= 15 is 0 Å². The van der Waals surface area contributed by atoms with Gasteiger partial charge in [-0.15, -0.1) is 0 Å². The summed E-state index contributed by atoms with van der Waals surface area (Å²) in [4.78, 5) is 28.2. The van der Waals surface area contributed by atoms with Gasteiger partial charge >= 0.3 is 0 Å². The average molecular weight is 494 g/mol. The summed E-state index contributed by atoms with van der Waals surface area (Å²) in [5, 5.41) is 13.4. The molecular weight excluding hydrogens is 470 g/mol. The molecule has 1 aliphatic heterocycles. The Morgan fingerprint density at radius 2 is 1.97 bits per heavy atom. The highest BCUT2D eigenvalue weighted by Crippen LogP contribution is 2.33. The van der Waals surface area contributed by atoms with Crippen molar-refractivity contribution in [3.63, 3.8) is 0 Å². The highest BCUT2D eigenvalue weighted by Gasteiger charge is 2.23. The van der Waals surface area contributed by atoms with Crippen LogP contribution in [0.25, 0.3) is 17.0 Å². The van der Waals surface area contributed by atoms with Crippen LogP contribution in [0.1, 0.15) is 0 Å². The molecule has 2 N–H and O–H groups in total. The number of rotatable bonds is 7. The summed E-state index contributed by atoms with van der Waals surface area (Å²) in [6.07, 6.45) is 4.70. The lowest BCUT2D eigenvalue weighted by atomic mass is 10.2. The minimum atomic E-state index is -1.05. The van der Waals surface area contributed by atoms with Gasteiger partial charge in [-0.25, -0.2) is 15.0 Å². The number of nitrogens with one attached hydrogen (secondary N) is 1. The number of benzene rings is 1. The van der Waals surface area contributed by atoms with Crippen molar-refractivity contribution in [1.29, 1.82) is 0 Å². The summed E-state index contributed by atoms with van der Waals surface area (Å²) in [6.45, 7) is 2.55. The van der Waals surface area contributed by atoms with Crippen molar-refractivity contribution in [2.45, 2.75) is 6.23 Å². The van der Waals surface area contributed by atoms with Gasteiger partial charge in [-0.2, -0.15) is 0 Å². The Hall–Kier alpha value is -3.73. The Bertz CT molecular complexity index is 1350. The maximum atomic E-state index is 10.8. The number of hydrogen-bond acceptors (Lipinski definition) is 9. The van der Waals surface area contributed by atoms with Gasteiger partial charge in [0.2, 0.25) is 5.95 Å². The first-order valence-electron chi connectivity index (χ1n) is 11.1. The largest absolute Gasteiger partial charge is 0.494 e. The van der Waals surface area contributed by atoms with E-state index in [2.05, 4.69) is 25.2 Å². The molecule has 1 unspecified atom stereocenters. The SMILES string of the molecule is COc1cc(N2CCN(C(O)C=O)CC2)ccc1Nc1ncc(Cl)c(-c2cnc3ccccn23)n1. The monoisotopic (exact) mass is 493 g/mol. The van der Waals surface area contributed by atoms with Crippen molar-refractivity contribution in [3.05, 3.63) is 60.0 Å². The third-order valence-corrected chi connectivity index (χ3v) is 6.29. The highest BCUT2D eigenvalue weighted by molar-refractivity contribution is 6.32. The normalized spacial score (nSPS) is 15.2. The van der Waals surface area contributed by atoms with Gasteiger partial charge in [-0.3, -0.25) is 14.1 Å². The van der Waals surface area contributed by atoms with E-state index in [1.165, 1.54) is 0 Å². The van der Waals surface area contributed by atoms with Gasteiger partial charge in [0.15, 0.2) is 12.5 Å². The first-order chi connectivity index (χ1) is 17.1. The number of methoxy groups -OCH3 is 1. The van der Waals surface area contributed by atoms with Crippen molar-refractivity contribution in [3.8, 4) is 17.1 Å². The molecule has 10 nitrogen and oxygen atoms in total. The molecule has 1 aromatic carbocycles. The van der Waals surface area contributed by atoms with Gasteiger partial charge in [-0.05, 0) is 24.3 Å². The summed E-state index contributed by atoms with van der Waals surface area (Å²) in [5.74, 6) is 1.01. The molecule has 11 heteroatoms. The molecule has 1 fully saturated rings. The topological polar surface area (TPSA) is 108 Å². The van der Waals surface area contributed by atoms with Gasteiger partial charge in [0.1, 0.15) is 17.1 Å². The van der Waals surface area contributed by atoms with Crippen LogP contribution in [0.3, 0.4) is 0 Å². The Morgan fingerprint density at radius 3 is 2.74 bits per heavy atom. The van der Waals surface area contributed by atoms with E-state index in [4.69, 9.17) is 16.3 Å². The molecule has 1 atom stereocenters. The Balaban J connectivity index is 1.37. The van der Waals surface area contributed by atoms with Gasteiger partial charge in [0, 0.05) is 44.1 Å². The summed E-state index contributed by atoms with van der Waals surface area (Å²) >= 11 is 6.43. The highest BCUT2D eigenvalue weighted by atomic mass is 35.5. The Morgan fingerprint density at radius 1 is 1.14 bits per heavy atom. The fourth-order valence-electron chi connectivity index (χ4n) is 4.15. The molecule has 1 aliphatic rings. The molecule has 4 heterocycles. The Labute approximate surface area is 206 Å². The predicted molar refractivity (Wildman–Crippen MR) is 133 cm³/mol. The van der Waals surface area contributed by atoms with Gasteiger partial charge < -0.3 is 20.1 Å². The number of ether oxygens (including phenoxy) is 1. The van der Waals surface area contributed by atoms with E-state index in [1.54, 1.807) is 24.4 Å². The second kappa shape index (κ2) is 9.87. The summed E-state index contributed by atoms with van der Waals surface area (Å²) < 4.78 is 7.55. The number of aldehydes is 1. The number of aliphatic hydroxyl groups is 1. The second-order valence-electron chi connectivity index (χ2n) is 8.04. The summed E-state index contributed by atoms with van der Waals surface area (Å²) in [5.41, 5.74) is 3.81. The van der Waals surface area contributed by atoms with Crippen LogP contribution in [-0.4, -0.2) is 75.2 Å². The Kier molecular flexibility index (Phi) is 6.49. The quantitative estimate of drug-likeness (QED) is 0.376. The van der Waals surface area contributed by atoms with Crippen LogP contribution in [0.5, 0.6) is 5.75 Å². The molecule has 0 aliphatic carbocycles. The molecule has 0 spiro atoms. The third kappa shape index (κ3) is 4.63. The predicted octanol–water partition coefficient (Wildman–Crippen LogP) is 2.84. The van der Waals surface area contributed by atoms with Crippen LogP contribution in [-0.2, 0) is 4.79 Å². The maximum Gasteiger partial charge on any atom is 0.227 e. The van der Waals surface area contributed by atoms with E-state index in [1.807, 2.05) is 47.0 Å². The molecular formula is C24H24ClN7O3. The molecule has 0 radical (unpaired) electrons. The maximum absolute atomic E-state index is 10.8. The smallest absolute Gasteiger partial charge is 0.227 e. The minimum Gasteiger partial charge on any atom is -0.494 e. The van der Waals surface area contributed by atoms with Crippen LogP contribution in [0, 0.1) is 0 Å². The number of pyridine rings is 1. The molecule has 0 bridgehead atoms. The fourth-order valence-corrected chi connectivity index (χ4v) is 4.33. The van der Waals surface area contributed by atoms with Crippen LogP contribution in [0.2, 0.25) is 5.02 Å². The molecule has 5 rings (SSSR count). The summed E-state index contributed by atoms with van der Waals surface area (Å²) in [6, 6.07) is 11.6. The molecule has 35 heavy (non-hydrogen) atoms. The van der Waals surface area contributed by atoms with Gasteiger partial charge in [-0.1, -0.05) is 17.7 Å². The number of carbonyl (C=O) groups is 1. The number of hydrogen-bond donors (Lipinski definition) is 2. The number of imidazole rings is 1. The molecule has 1 saturated heterocycles. The fraction of sp³-hybridized carbons (Fsp3) is 0.250. The van der Waals surface area contributed by atoms with Crippen molar-refractivity contribution >= 4 is 40.9 Å². The molecule has 4 aromatic rings. The number of aliphatic hydroxyl groups excluding tert-OH is 1. The van der Waals surface area contributed by atoms with E-state index in [0.29, 0.717) is 60.6 Å². The minimum absolute atomic E-state index is 0.373. The zero-order valence-electron chi connectivity index (χ0n) is 19.0. The van der Waals surface area contributed by atoms with E-state index in [-0.39, 0.29) is 0 Å². The van der Waals surface area contributed by atoms with Crippen LogP contribution in [0.15, 0.2) is 55.0 Å². The second-order valence-corrected chi connectivity index (χ2v) is 8.45. The van der Waals surface area contributed by atoms with Crippen molar-refractivity contribution < 1.29 is 14.6 Å². The lowest BCUT2D eigenvalue weighted by Crippen LogP contribution is -2.50. The van der Waals surface area contributed by atoms with Gasteiger partial charge in [0.05, 0.1) is 35.9 Å². The number of fused-ring (bicyclic) bond motifs is 1.